The molecule has 0 radical (unpaired) electrons. The first kappa shape index (κ1) is 22.9. The van der Waals surface area contributed by atoms with Crippen LogP contribution in [0.3, 0.4) is 0 Å². The minimum absolute atomic E-state index is 0.295. The van der Waals surface area contributed by atoms with Crippen molar-refractivity contribution in [2.24, 2.45) is 5.92 Å². The monoisotopic (exact) mass is 457 g/mol. The van der Waals surface area contributed by atoms with E-state index in [1.165, 1.54) is 16.7 Å². The maximum atomic E-state index is 13.7. The number of ether oxygens (including phenoxy) is 1. The van der Waals surface area contributed by atoms with Crippen LogP contribution in [0.1, 0.15) is 30.5 Å². The Bertz CT molecular complexity index is 1210. The van der Waals surface area contributed by atoms with Crippen molar-refractivity contribution in [3.63, 3.8) is 0 Å². The van der Waals surface area contributed by atoms with Gasteiger partial charge in [0.15, 0.2) is 0 Å². The summed E-state index contributed by atoms with van der Waals surface area (Å²) >= 11 is 1.33. The Labute approximate surface area is 199 Å². The number of rotatable bonds is 7. The number of thioether (sulfide) groups is 1. The molecule has 168 valence electrons. The van der Waals surface area contributed by atoms with Crippen LogP contribution in [0, 0.1) is 19.8 Å². The Kier molecular flexibility index (Phi) is 6.70. The van der Waals surface area contributed by atoms with Gasteiger partial charge in [-0.1, -0.05) is 73.6 Å². The second-order valence-corrected chi connectivity index (χ2v) is 9.67. The van der Waals surface area contributed by atoms with Gasteiger partial charge in [-0.15, -0.1) is 0 Å². The molecular weight excluding hydrogens is 430 g/mol. The van der Waals surface area contributed by atoms with Crippen LogP contribution in [0.25, 0.3) is 5.57 Å². The third-order valence-corrected chi connectivity index (χ3v) is 6.41. The molecule has 1 heterocycles. The molecule has 4 nitrogen and oxygen atoms in total. The van der Waals surface area contributed by atoms with Crippen LogP contribution >= 0.6 is 11.8 Å². The zero-order valence-corrected chi connectivity index (χ0v) is 20.1. The van der Waals surface area contributed by atoms with E-state index in [9.17, 15) is 9.59 Å². The molecule has 0 saturated heterocycles. The first-order chi connectivity index (χ1) is 15.8. The Morgan fingerprint density at radius 2 is 1.58 bits per heavy atom. The summed E-state index contributed by atoms with van der Waals surface area (Å²) in [5, 5.41) is 0. The van der Waals surface area contributed by atoms with E-state index in [0.29, 0.717) is 34.3 Å². The van der Waals surface area contributed by atoms with E-state index in [1.807, 2.05) is 86.6 Å². The summed E-state index contributed by atoms with van der Waals surface area (Å²) in [5.41, 5.74) is 3.72. The molecule has 1 aliphatic heterocycles. The molecule has 0 unspecified atom stereocenters. The smallest absolute Gasteiger partial charge is 0.272 e. The van der Waals surface area contributed by atoms with Crippen molar-refractivity contribution >= 4 is 34.8 Å². The number of hydrogen-bond acceptors (Lipinski definition) is 4. The quantitative estimate of drug-likeness (QED) is 0.384. The number of carbonyl (C=O) groups is 2. The fraction of sp³-hybridized carbons (Fsp3) is 0.214. The normalized spacial score (nSPS) is 13.9. The summed E-state index contributed by atoms with van der Waals surface area (Å²) in [4.78, 5) is 29.9. The molecule has 5 heteroatoms. The van der Waals surface area contributed by atoms with E-state index >= 15 is 0 Å². The van der Waals surface area contributed by atoms with Gasteiger partial charge in [0, 0.05) is 4.90 Å². The maximum absolute atomic E-state index is 13.7. The molecule has 0 aliphatic carbocycles. The lowest BCUT2D eigenvalue weighted by atomic mass is 10.1. The largest absolute Gasteiger partial charge is 0.493 e. The molecular formula is C28H27NO3S. The van der Waals surface area contributed by atoms with Gasteiger partial charge in [0.2, 0.25) is 0 Å². The van der Waals surface area contributed by atoms with E-state index in [2.05, 4.69) is 13.8 Å². The Balaban J connectivity index is 1.75. The first-order valence-corrected chi connectivity index (χ1v) is 11.8. The zero-order valence-electron chi connectivity index (χ0n) is 19.3. The van der Waals surface area contributed by atoms with Gasteiger partial charge in [0.25, 0.3) is 11.8 Å². The third kappa shape index (κ3) is 4.88. The number of carbonyl (C=O) groups excluding carboxylic acids is 2. The van der Waals surface area contributed by atoms with Gasteiger partial charge in [-0.3, -0.25) is 9.59 Å². The van der Waals surface area contributed by atoms with Crippen molar-refractivity contribution in [3.8, 4) is 5.75 Å². The fourth-order valence-electron chi connectivity index (χ4n) is 3.72. The maximum Gasteiger partial charge on any atom is 0.272 e. The molecule has 0 bridgehead atoms. The molecule has 33 heavy (non-hydrogen) atoms. The van der Waals surface area contributed by atoms with Crippen molar-refractivity contribution in [2.75, 3.05) is 11.5 Å². The van der Waals surface area contributed by atoms with Gasteiger partial charge >= 0.3 is 0 Å². The molecule has 0 fully saturated rings. The second-order valence-electron chi connectivity index (χ2n) is 8.58. The topological polar surface area (TPSA) is 46.6 Å². The van der Waals surface area contributed by atoms with E-state index < -0.39 is 0 Å². The number of amides is 2. The lowest BCUT2D eigenvalue weighted by Crippen LogP contribution is -2.31. The van der Waals surface area contributed by atoms with Gasteiger partial charge in [0.05, 0.1) is 22.8 Å². The van der Waals surface area contributed by atoms with Crippen LogP contribution in [0.15, 0.2) is 82.6 Å². The van der Waals surface area contributed by atoms with Crippen LogP contribution in [0.4, 0.5) is 5.69 Å². The van der Waals surface area contributed by atoms with E-state index in [0.717, 1.165) is 21.8 Å². The molecule has 0 atom stereocenters. The lowest BCUT2D eigenvalue weighted by Gasteiger charge is -2.18. The summed E-state index contributed by atoms with van der Waals surface area (Å²) in [6.45, 7) is 8.72. The van der Waals surface area contributed by atoms with E-state index in [1.54, 1.807) is 0 Å². The SMILES string of the molecule is Cc1ccc(N2C(=O)C(Sc3ccccc3)=C(c3ccc(OCC(C)C)cc3)C2=O)c(C)c1. The van der Waals surface area contributed by atoms with Gasteiger partial charge in [-0.05, 0) is 61.2 Å². The number of benzene rings is 3. The Morgan fingerprint density at radius 1 is 0.879 bits per heavy atom. The van der Waals surface area contributed by atoms with Gasteiger partial charge in [-0.25, -0.2) is 4.90 Å². The van der Waals surface area contributed by atoms with Crippen LogP contribution in [0.5, 0.6) is 5.75 Å². The number of hydrogen-bond donors (Lipinski definition) is 0. The molecule has 3 aromatic carbocycles. The van der Waals surface area contributed by atoms with Crippen molar-refractivity contribution in [3.05, 3.63) is 94.4 Å². The lowest BCUT2D eigenvalue weighted by molar-refractivity contribution is -0.119. The first-order valence-electron chi connectivity index (χ1n) is 11.0. The van der Waals surface area contributed by atoms with Gasteiger partial charge < -0.3 is 4.74 Å². The highest BCUT2D eigenvalue weighted by atomic mass is 32.2. The average molecular weight is 458 g/mol. The predicted octanol–water partition coefficient (Wildman–Crippen LogP) is 6.42. The standard InChI is InChI=1S/C28H27NO3S/c1-18(2)17-32-22-13-11-21(12-14-22)25-26(33-23-8-6-5-7-9-23)28(31)29(27(25)30)24-15-10-19(3)16-20(24)4/h5-16,18H,17H2,1-4H3. The Morgan fingerprint density at radius 3 is 2.21 bits per heavy atom. The van der Waals surface area contributed by atoms with Crippen molar-refractivity contribution in [1.29, 1.82) is 0 Å². The summed E-state index contributed by atoms with van der Waals surface area (Å²) < 4.78 is 5.79. The number of aryl methyl sites for hydroxylation is 2. The Hall–Kier alpha value is -3.31. The van der Waals surface area contributed by atoms with Crippen LogP contribution in [-0.2, 0) is 9.59 Å². The summed E-state index contributed by atoms with van der Waals surface area (Å²) in [6.07, 6.45) is 0. The molecule has 3 aromatic rings. The third-order valence-electron chi connectivity index (χ3n) is 5.32. The predicted molar refractivity (Wildman–Crippen MR) is 134 cm³/mol. The van der Waals surface area contributed by atoms with Crippen LogP contribution < -0.4 is 9.64 Å². The minimum Gasteiger partial charge on any atom is -0.493 e. The van der Waals surface area contributed by atoms with E-state index in [4.69, 9.17) is 4.74 Å². The van der Waals surface area contributed by atoms with Crippen molar-refractivity contribution in [1.82, 2.24) is 0 Å². The molecule has 0 aromatic heterocycles. The van der Waals surface area contributed by atoms with Crippen molar-refractivity contribution in [2.45, 2.75) is 32.6 Å². The summed E-state index contributed by atoms with van der Waals surface area (Å²) in [7, 11) is 0. The van der Waals surface area contributed by atoms with Gasteiger partial charge in [-0.2, -0.15) is 0 Å². The van der Waals surface area contributed by atoms with Gasteiger partial charge in [0.1, 0.15) is 5.75 Å². The molecule has 0 saturated carbocycles. The zero-order chi connectivity index (χ0) is 23.5. The molecule has 4 rings (SSSR count). The number of imide groups is 1. The highest BCUT2D eigenvalue weighted by molar-refractivity contribution is 8.04. The fourth-order valence-corrected chi connectivity index (χ4v) is 4.74. The average Bonchev–Trinajstić information content (AvgIpc) is 3.03. The molecule has 0 spiro atoms. The number of anilines is 1. The second kappa shape index (κ2) is 9.67. The molecule has 0 N–H and O–H groups in total. The minimum atomic E-state index is -0.304. The number of nitrogens with zero attached hydrogens (tertiary/aromatic N) is 1. The highest BCUT2D eigenvalue weighted by Gasteiger charge is 2.41. The highest BCUT2D eigenvalue weighted by Crippen LogP contribution is 2.42. The van der Waals surface area contributed by atoms with E-state index in [-0.39, 0.29) is 11.8 Å². The van der Waals surface area contributed by atoms with Crippen LogP contribution in [-0.4, -0.2) is 18.4 Å². The summed E-state index contributed by atoms with van der Waals surface area (Å²) in [6, 6.07) is 22.8. The molecule has 1 aliphatic rings. The summed E-state index contributed by atoms with van der Waals surface area (Å²) in [5.74, 6) is 0.562. The molecule has 2 amide bonds. The van der Waals surface area contributed by atoms with Crippen LogP contribution in [0.2, 0.25) is 0 Å². The van der Waals surface area contributed by atoms with Crippen molar-refractivity contribution < 1.29 is 14.3 Å².